The highest BCUT2D eigenvalue weighted by Gasteiger charge is 2.20. The fourth-order valence-electron chi connectivity index (χ4n) is 8.96. The largest absolute Gasteiger partial charge is 0.455 e. The van der Waals surface area contributed by atoms with Gasteiger partial charge in [-0.2, -0.15) is 0 Å². The normalized spacial score (nSPS) is 11.5. The molecule has 0 aliphatic heterocycles. The van der Waals surface area contributed by atoms with E-state index in [9.17, 15) is 0 Å². The van der Waals surface area contributed by atoms with Gasteiger partial charge in [-0.15, -0.1) is 0 Å². The van der Waals surface area contributed by atoms with Gasteiger partial charge in [0.05, 0.1) is 0 Å². The van der Waals surface area contributed by atoms with Crippen LogP contribution in [0.2, 0.25) is 0 Å². The Balaban J connectivity index is 0.984. The van der Waals surface area contributed by atoms with Crippen LogP contribution in [0.1, 0.15) is 0 Å². The third kappa shape index (κ3) is 6.62. The standard InChI is InChI=1S/C59H37N3O/c1-3-12-38(13-4-1)40-24-26-42(27-25-40)45-17-9-18-46(36-45)51-20-10-21-52-55-53(22-11-23-54(55)63-56(51)52)59-61-57(44-31-28-41(29-32-44)39-14-5-2-6-15-39)60-58(62-59)48-34-35-50-47(37-48)33-30-43-16-7-8-19-49(43)50/h1-37H. The Morgan fingerprint density at radius 3 is 1.51 bits per heavy atom. The van der Waals surface area contributed by atoms with Crippen molar-refractivity contribution >= 4 is 43.5 Å². The molecule has 12 rings (SSSR count). The van der Waals surface area contributed by atoms with E-state index in [1.54, 1.807) is 0 Å². The Bertz CT molecular complexity index is 3650. The van der Waals surface area contributed by atoms with Gasteiger partial charge >= 0.3 is 0 Å². The SMILES string of the molecule is c1ccc(-c2ccc(-c3cccc(-c4cccc5c4oc4cccc(-c6nc(-c7ccc(-c8ccccc8)cc7)nc(-c7ccc8c(ccc9ccccc98)c7)n6)c45)c3)cc2)cc1. The molecular formula is C59H37N3O. The lowest BCUT2D eigenvalue weighted by atomic mass is 9.96. The van der Waals surface area contributed by atoms with Gasteiger partial charge in [0.15, 0.2) is 17.5 Å². The zero-order valence-electron chi connectivity index (χ0n) is 34.1. The third-order valence-corrected chi connectivity index (χ3v) is 12.2. The molecule has 0 aliphatic carbocycles. The summed E-state index contributed by atoms with van der Waals surface area (Å²) < 4.78 is 6.81. The summed E-state index contributed by atoms with van der Waals surface area (Å²) in [4.78, 5) is 15.6. The molecule has 0 spiro atoms. The number of hydrogen-bond acceptors (Lipinski definition) is 4. The van der Waals surface area contributed by atoms with E-state index in [-0.39, 0.29) is 0 Å². The topological polar surface area (TPSA) is 51.8 Å². The maximum absolute atomic E-state index is 6.81. The van der Waals surface area contributed by atoms with E-state index < -0.39 is 0 Å². The van der Waals surface area contributed by atoms with Crippen molar-refractivity contribution in [2.24, 2.45) is 0 Å². The van der Waals surface area contributed by atoms with Gasteiger partial charge < -0.3 is 4.42 Å². The smallest absolute Gasteiger partial charge is 0.164 e. The van der Waals surface area contributed by atoms with Gasteiger partial charge in [-0.3, -0.25) is 0 Å². The zero-order valence-corrected chi connectivity index (χ0v) is 34.1. The molecule has 2 aromatic heterocycles. The van der Waals surface area contributed by atoms with Crippen molar-refractivity contribution in [1.29, 1.82) is 0 Å². The van der Waals surface area contributed by atoms with Crippen molar-refractivity contribution in [3.8, 4) is 78.7 Å². The molecular weight excluding hydrogens is 767 g/mol. The monoisotopic (exact) mass is 803 g/mol. The molecule has 2 heterocycles. The Kier molecular flexibility index (Phi) is 8.79. The Labute approximate surface area is 364 Å². The van der Waals surface area contributed by atoms with Crippen molar-refractivity contribution in [3.05, 3.63) is 224 Å². The number of aromatic nitrogens is 3. The van der Waals surface area contributed by atoms with Crippen molar-refractivity contribution < 1.29 is 4.42 Å². The van der Waals surface area contributed by atoms with E-state index >= 15 is 0 Å². The van der Waals surface area contributed by atoms with Crippen LogP contribution in [0.3, 0.4) is 0 Å². The van der Waals surface area contributed by atoms with Crippen LogP contribution in [0.5, 0.6) is 0 Å². The first kappa shape index (κ1) is 36.4. The van der Waals surface area contributed by atoms with E-state index in [1.165, 1.54) is 27.3 Å². The molecule has 0 atom stereocenters. The molecule has 4 nitrogen and oxygen atoms in total. The Morgan fingerprint density at radius 1 is 0.270 bits per heavy atom. The summed E-state index contributed by atoms with van der Waals surface area (Å²) in [5.74, 6) is 1.80. The van der Waals surface area contributed by atoms with Crippen LogP contribution in [0, 0.1) is 0 Å². The number of fused-ring (bicyclic) bond motifs is 6. The molecule has 0 saturated carbocycles. The van der Waals surface area contributed by atoms with Crippen LogP contribution >= 0.6 is 0 Å². The van der Waals surface area contributed by atoms with Crippen molar-refractivity contribution in [2.75, 3.05) is 0 Å². The molecule has 4 heteroatoms. The second-order valence-corrected chi connectivity index (χ2v) is 16.0. The predicted molar refractivity (Wildman–Crippen MR) is 260 cm³/mol. The minimum atomic E-state index is 0.584. The van der Waals surface area contributed by atoms with Gasteiger partial charge in [0, 0.05) is 33.0 Å². The van der Waals surface area contributed by atoms with Crippen molar-refractivity contribution in [2.45, 2.75) is 0 Å². The zero-order chi connectivity index (χ0) is 41.7. The van der Waals surface area contributed by atoms with E-state index in [1.807, 2.05) is 24.3 Å². The summed E-state index contributed by atoms with van der Waals surface area (Å²) in [6, 6.07) is 78.8. The van der Waals surface area contributed by atoms with E-state index in [4.69, 9.17) is 19.4 Å². The number of furan rings is 1. The maximum atomic E-state index is 6.81. The number of benzene rings is 10. The Morgan fingerprint density at radius 2 is 0.762 bits per heavy atom. The van der Waals surface area contributed by atoms with Gasteiger partial charge in [-0.25, -0.2) is 15.0 Å². The molecule has 0 N–H and O–H groups in total. The first-order valence-electron chi connectivity index (χ1n) is 21.2. The summed E-state index contributed by atoms with van der Waals surface area (Å²) >= 11 is 0. The van der Waals surface area contributed by atoms with Gasteiger partial charge in [0.25, 0.3) is 0 Å². The molecule has 0 radical (unpaired) electrons. The highest BCUT2D eigenvalue weighted by Crippen LogP contribution is 2.41. The van der Waals surface area contributed by atoms with Gasteiger partial charge in [-0.1, -0.05) is 206 Å². The number of rotatable bonds is 7. The van der Waals surface area contributed by atoms with Crippen molar-refractivity contribution in [1.82, 2.24) is 15.0 Å². The van der Waals surface area contributed by atoms with Crippen LogP contribution in [0.25, 0.3) is 122 Å². The van der Waals surface area contributed by atoms with E-state index in [0.29, 0.717) is 17.5 Å². The average molecular weight is 804 g/mol. The molecule has 0 unspecified atom stereocenters. The predicted octanol–water partition coefficient (Wildman–Crippen LogP) is 15.7. The molecule has 0 aliphatic rings. The number of hydrogen-bond donors (Lipinski definition) is 0. The third-order valence-electron chi connectivity index (χ3n) is 12.2. The van der Waals surface area contributed by atoms with Crippen LogP contribution in [0.4, 0.5) is 0 Å². The van der Waals surface area contributed by atoms with Gasteiger partial charge in [0.2, 0.25) is 0 Å². The highest BCUT2D eigenvalue weighted by atomic mass is 16.3. The molecule has 0 fully saturated rings. The fraction of sp³-hybridized carbons (Fsp3) is 0. The van der Waals surface area contributed by atoms with E-state index in [0.717, 1.165) is 77.4 Å². The summed E-state index contributed by atoms with van der Waals surface area (Å²) in [5.41, 5.74) is 13.4. The van der Waals surface area contributed by atoms with Crippen LogP contribution in [0.15, 0.2) is 229 Å². The number of para-hydroxylation sites is 1. The van der Waals surface area contributed by atoms with Crippen LogP contribution in [-0.4, -0.2) is 15.0 Å². The van der Waals surface area contributed by atoms with Crippen LogP contribution in [-0.2, 0) is 0 Å². The quantitative estimate of drug-likeness (QED) is 0.151. The van der Waals surface area contributed by atoms with E-state index in [2.05, 4.69) is 200 Å². The van der Waals surface area contributed by atoms with Crippen LogP contribution < -0.4 is 0 Å². The van der Waals surface area contributed by atoms with Gasteiger partial charge in [-0.05, 0) is 78.7 Å². The first-order chi connectivity index (χ1) is 31.2. The molecule has 294 valence electrons. The lowest BCUT2D eigenvalue weighted by Crippen LogP contribution is -2.00. The summed E-state index contributed by atoms with van der Waals surface area (Å²) in [7, 11) is 0. The molecule has 0 bridgehead atoms. The molecule has 0 amide bonds. The molecule has 0 saturated heterocycles. The average Bonchev–Trinajstić information content (AvgIpc) is 3.76. The molecule has 10 aromatic carbocycles. The number of nitrogens with zero attached hydrogens (tertiary/aromatic N) is 3. The Hall–Kier alpha value is -8.47. The lowest BCUT2D eigenvalue weighted by molar-refractivity contribution is 0.670. The second-order valence-electron chi connectivity index (χ2n) is 16.0. The minimum Gasteiger partial charge on any atom is -0.455 e. The second kappa shape index (κ2) is 15.2. The highest BCUT2D eigenvalue weighted by molar-refractivity contribution is 6.15. The molecule has 63 heavy (non-hydrogen) atoms. The first-order valence-corrected chi connectivity index (χ1v) is 21.2. The summed E-state index contributed by atoms with van der Waals surface area (Å²) in [5, 5.41) is 6.73. The summed E-state index contributed by atoms with van der Waals surface area (Å²) in [6.07, 6.45) is 0. The lowest BCUT2D eigenvalue weighted by Gasteiger charge is -2.11. The maximum Gasteiger partial charge on any atom is 0.164 e. The van der Waals surface area contributed by atoms with Crippen molar-refractivity contribution in [3.63, 3.8) is 0 Å². The fourth-order valence-corrected chi connectivity index (χ4v) is 8.96. The summed E-state index contributed by atoms with van der Waals surface area (Å²) in [6.45, 7) is 0. The molecule has 12 aromatic rings. The van der Waals surface area contributed by atoms with Gasteiger partial charge in [0.1, 0.15) is 11.2 Å². The minimum absolute atomic E-state index is 0.584.